The monoisotopic (exact) mass is 326 g/mol. The van der Waals surface area contributed by atoms with Gasteiger partial charge in [0, 0.05) is 58.9 Å². The molecule has 1 unspecified atom stereocenters. The first kappa shape index (κ1) is 16.6. The van der Waals surface area contributed by atoms with Crippen molar-refractivity contribution in [2.75, 3.05) is 44.0 Å². The first-order valence-corrected chi connectivity index (χ1v) is 8.48. The summed E-state index contributed by atoms with van der Waals surface area (Å²) in [5.74, 6) is 1.74. The molecule has 0 N–H and O–H groups in total. The third-order valence-corrected chi connectivity index (χ3v) is 4.59. The number of hydrogen-bond acceptors (Lipinski definition) is 6. The highest BCUT2D eigenvalue weighted by Gasteiger charge is 2.25. The van der Waals surface area contributed by atoms with Gasteiger partial charge < -0.3 is 9.80 Å². The SMILES string of the molecule is CN(C)c1ccnc(N(C)C2CCCN(Cc3ccncc3)C2)n1. The molecule has 128 valence electrons. The van der Waals surface area contributed by atoms with Gasteiger partial charge >= 0.3 is 0 Å². The third-order valence-electron chi connectivity index (χ3n) is 4.59. The van der Waals surface area contributed by atoms with Crippen molar-refractivity contribution in [3.05, 3.63) is 42.4 Å². The van der Waals surface area contributed by atoms with Gasteiger partial charge in [-0.15, -0.1) is 0 Å². The molecule has 0 radical (unpaired) electrons. The average molecular weight is 326 g/mol. The molecule has 1 saturated heterocycles. The van der Waals surface area contributed by atoms with E-state index in [4.69, 9.17) is 0 Å². The molecule has 2 aromatic heterocycles. The molecule has 6 heteroatoms. The van der Waals surface area contributed by atoms with Gasteiger partial charge in [-0.2, -0.15) is 4.98 Å². The average Bonchev–Trinajstić information content (AvgIpc) is 2.62. The van der Waals surface area contributed by atoms with Gasteiger partial charge in [0.2, 0.25) is 5.95 Å². The van der Waals surface area contributed by atoms with Crippen molar-refractivity contribution in [1.29, 1.82) is 0 Å². The summed E-state index contributed by atoms with van der Waals surface area (Å²) in [5, 5.41) is 0. The molecule has 0 amide bonds. The number of hydrogen-bond donors (Lipinski definition) is 0. The lowest BCUT2D eigenvalue weighted by Crippen LogP contribution is -2.46. The molecule has 0 spiro atoms. The van der Waals surface area contributed by atoms with Crippen LogP contribution in [0.5, 0.6) is 0 Å². The van der Waals surface area contributed by atoms with Crippen molar-refractivity contribution in [1.82, 2.24) is 19.9 Å². The van der Waals surface area contributed by atoms with E-state index >= 15 is 0 Å². The van der Waals surface area contributed by atoms with Crippen LogP contribution in [-0.4, -0.2) is 60.1 Å². The van der Waals surface area contributed by atoms with E-state index < -0.39 is 0 Å². The van der Waals surface area contributed by atoms with Crippen molar-refractivity contribution in [2.45, 2.75) is 25.4 Å². The predicted octanol–water partition coefficient (Wildman–Crippen LogP) is 2.04. The molecule has 3 heterocycles. The van der Waals surface area contributed by atoms with Crippen molar-refractivity contribution >= 4 is 11.8 Å². The Hall–Kier alpha value is -2.21. The zero-order valence-corrected chi connectivity index (χ0v) is 14.8. The summed E-state index contributed by atoms with van der Waals surface area (Å²) in [6, 6.07) is 6.57. The molecule has 0 aromatic carbocycles. The van der Waals surface area contributed by atoms with Gasteiger partial charge in [-0.25, -0.2) is 4.98 Å². The van der Waals surface area contributed by atoms with E-state index in [-0.39, 0.29) is 0 Å². The molecule has 0 saturated carbocycles. The van der Waals surface area contributed by atoms with Crippen LogP contribution in [0.3, 0.4) is 0 Å². The van der Waals surface area contributed by atoms with Crippen LogP contribution in [-0.2, 0) is 6.54 Å². The number of rotatable bonds is 5. The van der Waals surface area contributed by atoms with E-state index in [0.717, 1.165) is 31.4 Å². The quantitative estimate of drug-likeness (QED) is 0.838. The summed E-state index contributed by atoms with van der Waals surface area (Å²) < 4.78 is 0. The summed E-state index contributed by atoms with van der Waals surface area (Å²) in [5.41, 5.74) is 1.32. The normalized spacial score (nSPS) is 18.4. The second-order valence-corrected chi connectivity index (χ2v) is 6.61. The number of piperidine rings is 1. The van der Waals surface area contributed by atoms with Gasteiger partial charge in [0.1, 0.15) is 5.82 Å². The van der Waals surface area contributed by atoms with Gasteiger partial charge in [-0.1, -0.05) is 0 Å². The second kappa shape index (κ2) is 7.57. The van der Waals surface area contributed by atoms with Crippen molar-refractivity contribution < 1.29 is 0 Å². The maximum Gasteiger partial charge on any atom is 0.227 e. The number of anilines is 2. The molecule has 2 aromatic rings. The van der Waals surface area contributed by atoms with Gasteiger partial charge in [0.05, 0.1) is 0 Å². The van der Waals surface area contributed by atoms with Gasteiger partial charge in [-0.05, 0) is 43.1 Å². The van der Waals surface area contributed by atoms with Gasteiger partial charge in [0.15, 0.2) is 0 Å². The van der Waals surface area contributed by atoms with E-state index in [1.807, 2.05) is 43.7 Å². The molecule has 3 rings (SSSR count). The highest BCUT2D eigenvalue weighted by Crippen LogP contribution is 2.21. The standard InChI is InChI=1S/C18H26N6/c1-22(2)17-8-11-20-18(21-17)23(3)16-5-4-12-24(14-16)13-15-6-9-19-10-7-15/h6-11,16H,4-5,12-14H2,1-3H3. The van der Waals surface area contributed by atoms with E-state index in [9.17, 15) is 0 Å². The van der Waals surface area contributed by atoms with Crippen molar-refractivity contribution in [3.8, 4) is 0 Å². The molecule has 24 heavy (non-hydrogen) atoms. The molecule has 6 nitrogen and oxygen atoms in total. The molecule has 1 aliphatic rings. The Bertz CT molecular complexity index is 645. The number of likely N-dealkylation sites (tertiary alicyclic amines) is 1. The van der Waals surface area contributed by atoms with Crippen molar-refractivity contribution in [2.24, 2.45) is 0 Å². The van der Waals surface area contributed by atoms with E-state index in [1.54, 1.807) is 0 Å². The predicted molar refractivity (Wildman–Crippen MR) is 97.3 cm³/mol. The van der Waals surface area contributed by atoms with E-state index in [0.29, 0.717) is 6.04 Å². The van der Waals surface area contributed by atoms with Gasteiger partial charge in [-0.3, -0.25) is 9.88 Å². The Balaban J connectivity index is 1.66. The van der Waals surface area contributed by atoms with Crippen LogP contribution in [0.15, 0.2) is 36.8 Å². The fourth-order valence-electron chi connectivity index (χ4n) is 3.16. The Kier molecular flexibility index (Phi) is 5.25. The molecule has 1 atom stereocenters. The lowest BCUT2D eigenvalue weighted by molar-refractivity contribution is 0.198. The zero-order chi connectivity index (χ0) is 16.9. The Morgan fingerprint density at radius 3 is 2.67 bits per heavy atom. The lowest BCUT2D eigenvalue weighted by atomic mass is 10.0. The van der Waals surface area contributed by atoms with Crippen LogP contribution < -0.4 is 9.80 Å². The number of likely N-dealkylation sites (N-methyl/N-ethyl adjacent to an activating group) is 1. The zero-order valence-electron chi connectivity index (χ0n) is 14.8. The summed E-state index contributed by atoms with van der Waals surface area (Å²) in [7, 11) is 6.11. The molecular weight excluding hydrogens is 300 g/mol. The van der Waals surface area contributed by atoms with E-state index in [1.165, 1.54) is 18.4 Å². The summed E-state index contributed by atoms with van der Waals surface area (Å²) in [6.45, 7) is 3.16. The van der Waals surface area contributed by atoms with Crippen LogP contribution in [0, 0.1) is 0 Å². The van der Waals surface area contributed by atoms with Crippen molar-refractivity contribution in [3.63, 3.8) is 0 Å². The maximum absolute atomic E-state index is 4.67. The van der Waals surface area contributed by atoms with Crippen LogP contribution in [0.2, 0.25) is 0 Å². The minimum absolute atomic E-state index is 0.443. The van der Waals surface area contributed by atoms with Crippen LogP contribution in [0.4, 0.5) is 11.8 Å². The van der Waals surface area contributed by atoms with Crippen LogP contribution in [0.1, 0.15) is 18.4 Å². The van der Waals surface area contributed by atoms with Gasteiger partial charge in [0.25, 0.3) is 0 Å². The first-order valence-electron chi connectivity index (χ1n) is 8.48. The Labute approximate surface area is 144 Å². The number of nitrogens with zero attached hydrogens (tertiary/aromatic N) is 6. The highest BCUT2D eigenvalue weighted by molar-refractivity contribution is 5.42. The van der Waals surface area contributed by atoms with E-state index in [2.05, 4.69) is 43.9 Å². The molecule has 1 fully saturated rings. The Morgan fingerprint density at radius 2 is 1.92 bits per heavy atom. The third kappa shape index (κ3) is 4.00. The highest BCUT2D eigenvalue weighted by atomic mass is 15.3. The molecule has 0 bridgehead atoms. The topological polar surface area (TPSA) is 48.4 Å². The first-order chi connectivity index (χ1) is 11.6. The molecule has 0 aliphatic carbocycles. The summed E-state index contributed by atoms with van der Waals surface area (Å²) in [6.07, 6.45) is 7.95. The minimum atomic E-state index is 0.443. The van der Waals surface area contributed by atoms with Crippen LogP contribution in [0.25, 0.3) is 0 Å². The summed E-state index contributed by atoms with van der Waals surface area (Å²) >= 11 is 0. The second-order valence-electron chi connectivity index (χ2n) is 6.61. The molecular formula is C18H26N6. The lowest BCUT2D eigenvalue weighted by Gasteiger charge is -2.37. The van der Waals surface area contributed by atoms with Crippen LogP contribution >= 0.6 is 0 Å². The minimum Gasteiger partial charge on any atom is -0.363 e. The summed E-state index contributed by atoms with van der Waals surface area (Å²) in [4.78, 5) is 20.0. The largest absolute Gasteiger partial charge is 0.363 e. The Morgan fingerprint density at radius 1 is 1.12 bits per heavy atom. The number of pyridine rings is 1. The number of aromatic nitrogens is 3. The fourth-order valence-corrected chi connectivity index (χ4v) is 3.16. The molecule has 1 aliphatic heterocycles. The maximum atomic E-state index is 4.67. The smallest absolute Gasteiger partial charge is 0.227 e. The fraction of sp³-hybridized carbons (Fsp3) is 0.500.